The molecule has 1 N–H and O–H groups in total. The first-order chi connectivity index (χ1) is 9.85. The van der Waals surface area contributed by atoms with Gasteiger partial charge in [-0.2, -0.15) is 0 Å². The molecule has 0 spiro atoms. The second-order valence-corrected chi connectivity index (χ2v) is 5.70. The number of nitrogens with zero attached hydrogens (tertiary/aromatic N) is 3. The van der Waals surface area contributed by atoms with Gasteiger partial charge in [-0.25, -0.2) is 0 Å². The van der Waals surface area contributed by atoms with E-state index in [-0.39, 0.29) is 24.8 Å². The summed E-state index contributed by atoms with van der Waals surface area (Å²) in [6.07, 6.45) is 0.885. The van der Waals surface area contributed by atoms with Gasteiger partial charge in [-0.15, -0.1) is 0 Å². The Bertz CT molecular complexity index is 398. The van der Waals surface area contributed by atoms with Crippen molar-refractivity contribution in [1.82, 2.24) is 14.7 Å². The molecule has 21 heavy (non-hydrogen) atoms. The minimum Gasteiger partial charge on any atom is -0.480 e. The van der Waals surface area contributed by atoms with Gasteiger partial charge in [0, 0.05) is 32.6 Å². The van der Waals surface area contributed by atoms with Crippen molar-refractivity contribution in [2.24, 2.45) is 5.92 Å². The predicted molar refractivity (Wildman–Crippen MR) is 77.7 cm³/mol. The van der Waals surface area contributed by atoms with Crippen LogP contribution in [0.3, 0.4) is 0 Å². The van der Waals surface area contributed by atoms with Gasteiger partial charge < -0.3 is 19.8 Å². The molecule has 1 atom stereocenters. The summed E-state index contributed by atoms with van der Waals surface area (Å²) >= 11 is 0. The maximum Gasteiger partial charge on any atom is 0.323 e. The van der Waals surface area contributed by atoms with Gasteiger partial charge in [-0.1, -0.05) is 6.92 Å². The summed E-state index contributed by atoms with van der Waals surface area (Å²) in [6.45, 7) is 3.75. The first-order valence-corrected chi connectivity index (χ1v) is 7.28. The van der Waals surface area contributed by atoms with Crippen molar-refractivity contribution in [3.63, 3.8) is 0 Å². The average Bonchev–Trinajstić information content (AvgIpc) is 2.76. The van der Waals surface area contributed by atoms with Crippen molar-refractivity contribution in [1.29, 1.82) is 0 Å². The summed E-state index contributed by atoms with van der Waals surface area (Å²) < 4.78 is 0. The van der Waals surface area contributed by atoms with E-state index in [2.05, 4.69) is 0 Å². The molecule has 7 nitrogen and oxygen atoms in total. The van der Waals surface area contributed by atoms with Crippen molar-refractivity contribution in [3.8, 4) is 0 Å². The van der Waals surface area contributed by atoms with E-state index in [0.717, 1.165) is 6.54 Å². The van der Waals surface area contributed by atoms with Crippen LogP contribution in [0.5, 0.6) is 0 Å². The van der Waals surface area contributed by atoms with Crippen LogP contribution in [-0.4, -0.2) is 84.4 Å². The summed E-state index contributed by atoms with van der Waals surface area (Å²) in [5.41, 5.74) is 0. The number of likely N-dealkylation sites (N-methyl/N-ethyl adjacent to an activating group) is 1. The van der Waals surface area contributed by atoms with E-state index in [1.165, 1.54) is 4.90 Å². The number of hydrogen-bond acceptors (Lipinski definition) is 4. The minimum atomic E-state index is -1.02. The summed E-state index contributed by atoms with van der Waals surface area (Å²) in [6, 6.07) is 0. The maximum absolute atomic E-state index is 12.4. The Morgan fingerprint density at radius 1 is 1.33 bits per heavy atom. The van der Waals surface area contributed by atoms with Gasteiger partial charge in [0.2, 0.25) is 11.8 Å². The maximum atomic E-state index is 12.4. The first-order valence-electron chi connectivity index (χ1n) is 7.28. The van der Waals surface area contributed by atoms with Gasteiger partial charge in [0.1, 0.15) is 6.54 Å². The highest BCUT2D eigenvalue weighted by Gasteiger charge is 2.36. The Morgan fingerprint density at radius 2 is 2.00 bits per heavy atom. The van der Waals surface area contributed by atoms with E-state index in [1.54, 1.807) is 4.90 Å². The molecule has 2 amide bonds. The predicted octanol–water partition coefficient (Wildman–Crippen LogP) is -0.280. The molecule has 1 heterocycles. The van der Waals surface area contributed by atoms with Crippen LogP contribution in [0.2, 0.25) is 0 Å². The molecule has 1 fully saturated rings. The molecular weight excluding hydrogens is 274 g/mol. The smallest absolute Gasteiger partial charge is 0.323 e. The number of carboxylic acids is 1. The van der Waals surface area contributed by atoms with E-state index in [0.29, 0.717) is 26.1 Å². The van der Waals surface area contributed by atoms with Crippen LogP contribution in [0.4, 0.5) is 0 Å². The Labute approximate surface area is 125 Å². The molecule has 1 aliphatic rings. The van der Waals surface area contributed by atoms with Crippen LogP contribution in [-0.2, 0) is 14.4 Å². The third-order valence-electron chi connectivity index (χ3n) is 3.51. The third kappa shape index (κ3) is 5.34. The zero-order valence-electron chi connectivity index (χ0n) is 13.0. The zero-order chi connectivity index (χ0) is 16.0. The molecule has 120 valence electrons. The SMILES string of the molecule is CCCN(CC(=O)O)C(=O)C1CC(=O)N(CCN(C)C)C1. The Kier molecular flexibility index (Phi) is 6.61. The number of carboxylic acid groups (broad SMARTS) is 1. The number of aliphatic carboxylic acids is 1. The fourth-order valence-electron chi connectivity index (χ4n) is 2.43. The molecule has 0 aromatic rings. The van der Waals surface area contributed by atoms with Crippen LogP contribution in [0.25, 0.3) is 0 Å². The quantitative estimate of drug-likeness (QED) is 0.667. The first kappa shape index (κ1) is 17.4. The minimum absolute atomic E-state index is 0.0260. The Morgan fingerprint density at radius 3 is 2.52 bits per heavy atom. The van der Waals surface area contributed by atoms with Gasteiger partial charge in [0.15, 0.2) is 0 Å². The number of hydrogen-bond donors (Lipinski definition) is 1. The topological polar surface area (TPSA) is 81.2 Å². The monoisotopic (exact) mass is 299 g/mol. The van der Waals surface area contributed by atoms with Crippen LogP contribution >= 0.6 is 0 Å². The van der Waals surface area contributed by atoms with Crippen molar-refractivity contribution in [2.75, 3.05) is 46.8 Å². The molecule has 7 heteroatoms. The fourth-order valence-corrected chi connectivity index (χ4v) is 2.43. The fraction of sp³-hybridized carbons (Fsp3) is 0.786. The lowest BCUT2D eigenvalue weighted by molar-refractivity contribution is -0.146. The molecule has 1 rings (SSSR count). The molecule has 1 saturated heterocycles. The zero-order valence-corrected chi connectivity index (χ0v) is 13.0. The summed E-state index contributed by atoms with van der Waals surface area (Å²) in [4.78, 5) is 40.1. The van der Waals surface area contributed by atoms with E-state index in [1.807, 2.05) is 25.9 Å². The molecule has 0 aromatic carbocycles. The van der Waals surface area contributed by atoms with Gasteiger partial charge >= 0.3 is 5.97 Å². The molecule has 0 aliphatic carbocycles. The lowest BCUT2D eigenvalue weighted by Crippen LogP contribution is -2.41. The normalized spacial score (nSPS) is 18.4. The summed E-state index contributed by atoms with van der Waals surface area (Å²) in [5.74, 6) is -1.68. The highest BCUT2D eigenvalue weighted by molar-refractivity contribution is 5.90. The van der Waals surface area contributed by atoms with E-state index < -0.39 is 11.9 Å². The van der Waals surface area contributed by atoms with Crippen molar-refractivity contribution in [2.45, 2.75) is 19.8 Å². The standard InChI is InChI=1S/C14H25N3O4/c1-4-5-17(10-13(19)20)14(21)11-8-12(18)16(9-11)7-6-15(2)3/h11H,4-10H2,1-3H3,(H,19,20). The molecule has 0 aromatic heterocycles. The van der Waals surface area contributed by atoms with E-state index in [4.69, 9.17) is 5.11 Å². The molecule has 0 radical (unpaired) electrons. The van der Waals surface area contributed by atoms with Gasteiger partial charge in [0.05, 0.1) is 5.92 Å². The number of carbonyl (C=O) groups excluding carboxylic acids is 2. The summed E-state index contributed by atoms with van der Waals surface area (Å²) in [5, 5.41) is 8.87. The second-order valence-electron chi connectivity index (χ2n) is 5.70. The van der Waals surface area contributed by atoms with Crippen molar-refractivity contribution < 1.29 is 19.5 Å². The number of carbonyl (C=O) groups is 3. The highest BCUT2D eigenvalue weighted by Crippen LogP contribution is 2.20. The largest absolute Gasteiger partial charge is 0.480 e. The summed E-state index contributed by atoms with van der Waals surface area (Å²) in [7, 11) is 3.86. The van der Waals surface area contributed by atoms with Crippen LogP contribution in [0.15, 0.2) is 0 Å². The highest BCUT2D eigenvalue weighted by atomic mass is 16.4. The van der Waals surface area contributed by atoms with Gasteiger partial charge in [0.25, 0.3) is 0 Å². The molecular formula is C14H25N3O4. The second kappa shape index (κ2) is 7.97. The van der Waals surface area contributed by atoms with E-state index in [9.17, 15) is 14.4 Å². The lowest BCUT2D eigenvalue weighted by atomic mass is 10.1. The van der Waals surface area contributed by atoms with Crippen molar-refractivity contribution >= 4 is 17.8 Å². The number of amides is 2. The third-order valence-corrected chi connectivity index (χ3v) is 3.51. The average molecular weight is 299 g/mol. The Hall–Kier alpha value is -1.63. The molecule has 0 saturated carbocycles. The van der Waals surface area contributed by atoms with Gasteiger partial charge in [-0.3, -0.25) is 14.4 Å². The lowest BCUT2D eigenvalue weighted by Gasteiger charge is -2.24. The molecule has 0 bridgehead atoms. The van der Waals surface area contributed by atoms with Crippen molar-refractivity contribution in [3.05, 3.63) is 0 Å². The number of rotatable bonds is 8. The Balaban J connectivity index is 2.61. The van der Waals surface area contributed by atoms with E-state index >= 15 is 0 Å². The molecule has 1 aliphatic heterocycles. The molecule has 1 unspecified atom stereocenters. The number of likely N-dealkylation sites (tertiary alicyclic amines) is 1. The van der Waals surface area contributed by atoms with Crippen LogP contribution in [0, 0.1) is 5.92 Å². The van der Waals surface area contributed by atoms with Crippen LogP contribution in [0.1, 0.15) is 19.8 Å². The van der Waals surface area contributed by atoms with Crippen LogP contribution < -0.4 is 0 Å². The van der Waals surface area contributed by atoms with Gasteiger partial charge in [-0.05, 0) is 20.5 Å².